The summed E-state index contributed by atoms with van der Waals surface area (Å²) in [6.45, 7) is 0. The van der Waals surface area contributed by atoms with Crippen molar-refractivity contribution < 1.29 is 31.1 Å². The van der Waals surface area contributed by atoms with E-state index >= 15 is 0 Å². The predicted octanol–water partition coefficient (Wildman–Crippen LogP) is 9.59. The van der Waals surface area contributed by atoms with Gasteiger partial charge in [-0.2, -0.15) is 45.9 Å². The van der Waals surface area contributed by atoms with Gasteiger partial charge in [0, 0.05) is 28.5 Å². The Morgan fingerprint density at radius 2 is 0.982 bits per heavy atom. The van der Waals surface area contributed by atoms with Gasteiger partial charge in [-0.3, -0.25) is 19.6 Å². The van der Waals surface area contributed by atoms with Gasteiger partial charge < -0.3 is 4.74 Å². The van der Waals surface area contributed by atoms with Crippen molar-refractivity contribution in [2.45, 2.75) is 12.4 Å². The minimum atomic E-state index is -4.50. The van der Waals surface area contributed by atoms with Gasteiger partial charge in [-0.05, 0) is 97.1 Å². The lowest BCUT2D eigenvalue weighted by Gasteiger charge is -2.12. The first kappa shape index (κ1) is 38.4. The topological polar surface area (TPSA) is 105 Å². The average molecular weight is 799 g/mol. The maximum Gasteiger partial charge on any atom is 0.416 e. The van der Waals surface area contributed by atoms with Crippen LogP contribution in [0.5, 0.6) is 5.75 Å². The van der Waals surface area contributed by atoms with Crippen molar-refractivity contribution >= 4 is 33.4 Å². The van der Waals surface area contributed by atoms with E-state index < -0.39 is 34.6 Å². The van der Waals surface area contributed by atoms with E-state index in [1.165, 1.54) is 43.8 Å². The molecule has 8 aromatic rings. The SMILES string of the molecule is COc1ccc(-n2nc(-c3cccc(C(F)(F)F)c3)c3ncccc3c2=O)cc1.O=c1c2cccnc2c(-c2cccc(C(F)(F)F)c2)nn1-c1ccc(Cl)cc1. The van der Waals surface area contributed by atoms with E-state index in [2.05, 4.69) is 20.2 Å². The molecule has 0 atom stereocenters. The Morgan fingerprint density at radius 1 is 0.561 bits per heavy atom. The van der Waals surface area contributed by atoms with Gasteiger partial charge in [-0.1, -0.05) is 35.9 Å². The van der Waals surface area contributed by atoms with Crippen LogP contribution in [0, 0.1) is 0 Å². The van der Waals surface area contributed by atoms with Crippen LogP contribution in [0.4, 0.5) is 26.3 Å². The van der Waals surface area contributed by atoms with Crippen LogP contribution in [0.2, 0.25) is 5.02 Å². The molecule has 0 bridgehead atoms. The molecule has 4 aromatic heterocycles. The number of aromatic nitrogens is 6. The first-order valence-electron chi connectivity index (χ1n) is 16.7. The third kappa shape index (κ3) is 7.95. The molecule has 0 aliphatic heterocycles. The highest BCUT2D eigenvalue weighted by Crippen LogP contribution is 2.34. The summed E-state index contributed by atoms with van der Waals surface area (Å²) in [5, 5.41) is 9.67. The van der Waals surface area contributed by atoms with Crippen LogP contribution < -0.4 is 15.9 Å². The Kier molecular flexibility index (Phi) is 10.3. The Labute approximate surface area is 323 Å². The second-order valence-corrected chi connectivity index (χ2v) is 12.7. The average Bonchev–Trinajstić information content (AvgIpc) is 3.21. The van der Waals surface area contributed by atoms with Crippen molar-refractivity contribution in [1.29, 1.82) is 0 Å². The fraction of sp³-hybridized carbons (Fsp3) is 0.0732. The minimum Gasteiger partial charge on any atom is -0.497 e. The van der Waals surface area contributed by atoms with E-state index in [-0.39, 0.29) is 44.3 Å². The molecule has 4 aromatic carbocycles. The molecule has 0 aliphatic carbocycles. The van der Waals surface area contributed by atoms with Crippen LogP contribution in [0.25, 0.3) is 55.7 Å². The zero-order valence-corrected chi connectivity index (χ0v) is 30.0. The van der Waals surface area contributed by atoms with Crippen LogP contribution in [0.3, 0.4) is 0 Å². The molecule has 4 heterocycles. The van der Waals surface area contributed by atoms with Crippen molar-refractivity contribution in [3.05, 3.63) is 171 Å². The molecule has 0 unspecified atom stereocenters. The lowest BCUT2D eigenvalue weighted by molar-refractivity contribution is -0.138. The van der Waals surface area contributed by atoms with Gasteiger partial charge >= 0.3 is 12.4 Å². The molecule has 9 nitrogen and oxygen atoms in total. The highest BCUT2D eigenvalue weighted by molar-refractivity contribution is 6.30. The maximum atomic E-state index is 13.2. The highest BCUT2D eigenvalue weighted by atomic mass is 35.5. The number of pyridine rings is 2. The van der Waals surface area contributed by atoms with E-state index in [0.717, 1.165) is 33.6 Å². The number of fused-ring (bicyclic) bond motifs is 2. The summed E-state index contributed by atoms with van der Waals surface area (Å²) in [5.74, 6) is 0.599. The molecule has 0 radical (unpaired) electrons. The zero-order valence-electron chi connectivity index (χ0n) is 29.3. The van der Waals surface area contributed by atoms with E-state index in [1.807, 2.05) is 0 Å². The van der Waals surface area contributed by atoms with Gasteiger partial charge in [0.1, 0.15) is 28.2 Å². The maximum absolute atomic E-state index is 13.2. The van der Waals surface area contributed by atoms with E-state index in [9.17, 15) is 35.9 Å². The summed E-state index contributed by atoms with van der Waals surface area (Å²) in [7, 11) is 1.52. The number of hydrogen-bond donors (Lipinski definition) is 0. The van der Waals surface area contributed by atoms with Crippen LogP contribution in [0.1, 0.15) is 11.1 Å². The standard InChI is InChI=1S/C21H14F3N3O2.C20H11ClF3N3O/c1-29-16-9-7-15(8-10-16)27-20(28)17-6-3-11-25-19(17)18(26-27)13-4-2-5-14(12-13)21(22,23)24;21-14-6-8-15(9-7-14)27-19(28)16-5-2-10-25-18(16)17(26-27)12-3-1-4-13(11-12)20(22,23)24/h2-12H,1H3;1-11H. The summed E-state index contributed by atoms with van der Waals surface area (Å²) in [5.41, 5.74) is -0.314. The molecule has 16 heteroatoms. The van der Waals surface area contributed by atoms with Crippen LogP contribution in [0.15, 0.2) is 143 Å². The summed E-state index contributed by atoms with van der Waals surface area (Å²) < 4.78 is 86.3. The third-order valence-electron chi connectivity index (χ3n) is 8.62. The molecule has 0 fully saturated rings. The van der Waals surface area contributed by atoms with Gasteiger partial charge in [-0.15, -0.1) is 0 Å². The van der Waals surface area contributed by atoms with Gasteiger partial charge in [0.25, 0.3) is 11.1 Å². The summed E-state index contributed by atoms with van der Waals surface area (Å²) in [4.78, 5) is 34.2. The number of halogens is 7. The van der Waals surface area contributed by atoms with Crippen LogP contribution in [-0.4, -0.2) is 36.6 Å². The van der Waals surface area contributed by atoms with Crippen molar-refractivity contribution in [1.82, 2.24) is 29.5 Å². The van der Waals surface area contributed by atoms with Crippen molar-refractivity contribution in [2.75, 3.05) is 7.11 Å². The molecule has 0 N–H and O–H groups in total. The zero-order chi connectivity index (χ0) is 40.5. The van der Waals surface area contributed by atoms with E-state index in [4.69, 9.17) is 16.3 Å². The van der Waals surface area contributed by atoms with E-state index in [1.54, 1.807) is 72.8 Å². The summed E-state index contributed by atoms with van der Waals surface area (Å²) in [6.07, 6.45) is -6.06. The quantitative estimate of drug-likeness (QED) is 0.160. The van der Waals surface area contributed by atoms with Gasteiger partial charge in [0.05, 0.1) is 40.4 Å². The van der Waals surface area contributed by atoms with Gasteiger partial charge in [0.15, 0.2) is 0 Å². The van der Waals surface area contributed by atoms with E-state index in [0.29, 0.717) is 22.1 Å². The van der Waals surface area contributed by atoms with Gasteiger partial charge in [0.2, 0.25) is 0 Å². The largest absolute Gasteiger partial charge is 0.497 e. The molecule has 0 spiro atoms. The Balaban J connectivity index is 0.000000174. The molecule has 8 rings (SSSR count). The number of benzene rings is 4. The number of alkyl halides is 6. The second kappa shape index (κ2) is 15.3. The molecule has 286 valence electrons. The summed E-state index contributed by atoms with van der Waals surface area (Å²) in [6, 6.07) is 28.9. The molecule has 57 heavy (non-hydrogen) atoms. The first-order chi connectivity index (χ1) is 27.2. The third-order valence-corrected chi connectivity index (χ3v) is 8.88. The summed E-state index contributed by atoms with van der Waals surface area (Å²) >= 11 is 5.90. The fourth-order valence-corrected chi connectivity index (χ4v) is 6.00. The Hall–Kier alpha value is -6.87. The molecular weight excluding hydrogens is 774 g/mol. The Morgan fingerprint density at radius 3 is 1.39 bits per heavy atom. The van der Waals surface area contributed by atoms with Crippen LogP contribution in [-0.2, 0) is 12.4 Å². The smallest absolute Gasteiger partial charge is 0.416 e. The Bertz CT molecular complexity index is 2880. The monoisotopic (exact) mass is 798 g/mol. The lowest BCUT2D eigenvalue weighted by Crippen LogP contribution is -2.22. The van der Waals surface area contributed by atoms with Crippen LogP contribution >= 0.6 is 11.6 Å². The number of rotatable bonds is 5. The minimum absolute atomic E-state index is 0.177. The molecule has 0 aliphatic rings. The normalized spacial score (nSPS) is 11.6. The number of hydrogen-bond acceptors (Lipinski definition) is 7. The molecule has 0 saturated heterocycles. The first-order valence-corrected chi connectivity index (χ1v) is 17.1. The number of ether oxygens (including phenoxy) is 1. The molecule has 0 saturated carbocycles. The predicted molar refractivity (Wildman–Crippen MR) is 203 cm³/mol. The molecular formula is C41H25ClF6N6O3. The fourth-order valence-electron chi connectivity index (χ4n) is 5.88. The number of methoxy groups -OCH3 is 1. The van der Waals surface area contributed by atoms with Gasteiger partial charge in [-0.25, -0.2) is 0 Å². The molecule has 0 amide bonds. The number of nitrogens with zero attached hydrogens (tertiary/aromatic N) is 6. The van der Waals surface area contributed by atoms with Crippen molar-refractivity contribution in [3.63, 3.8) is 0 Å². The highest BCUT2D eigenvalue weighted by Gasteiger charge is 2.32. The van der Waals surface area contributed by atoms with Crippen molar-refractivity contribution in [2.24, 2.45) is 0 Å². The van der Waals surface area contributed by atoms with Crippen molar-refractivity contribution in [3.8, 4) is 39.6 Å². The lowest BCUT2D eigenvalue weighted by atomic mass is 10.1. The second-order valence-electron chi connectivity index (χ2n) is 12.3.